The standard InChI is InChI=1S/C27H37N3O6/c1-15(32)24-23(34)12-17(19(14-31)26(24)35)9-16-10-18-20(28(2)3)13-21(27(36)25(18)22(33)11-16)30-7-5-29(4)6-8-30/h13,16-17,19,24,31,36H,5-12,14H2,1-4H3. The second-order valence-corrected chi connectivity index (χ2v) is 10.9. The Kier molecular flexibility index (Phi) is 7.52. The van der Waals surface area contributed by atoms with E-state index in [2.05, 4.69) is 16.8 Å². The van der Waals surface area contributed by atoms with Crippen LogP contribution in [0.15, 0.2) is 6.07 Å². The molecule has 0 radical (unpaired) electrons. The Morgan fingerprint density at radius 3 is 2.33 bits per heavy atom. The molecule has 0 bridgehead atoms. The minimum Gasteiger partial charge on any atom is -0.505 e. The van der Waals surface area contributed by atoms with Gasteiger partial charge in [-0.2, -0.15) is 0 Å². The number of aliphatic hydroxyl groups excluding tert-OH is 1. The Labute approximate surface area is 212 Å². The van der Waals surface area contributed by atoms with Crippen molar-refractivity contribution in [3.8, 4) is 5.75 Å². The molecule has 0 aromatic heterocycles. The summed E-state index contributed by atoms with van der Waals surface area (Å²) in [6.07, 6.45) is 1.20. The number of rotatable bonds is 6. The van der Waals surface area contributed by atoms with Crippen LogP contribution in [0.2, 0.25) is 0 Å². The van der Waals surface area contributed by atoms with Crippen LogP contribution >= 0.6 is 0 Å². The highest BCUT2D eigenvalue weighted by atomic mass is 16.3. The molecule has 0 spiro atoms. The fraction of sp³-hybridized carbons (Fsp3) is 0.630. The van der Waals surface area contributed by atoms with Crippen LogP contribution in [0.5, 0.6) is 5.75 Å². The molecule has 2 aliphatic carbocycles. The Morgan fingerprint density at radius 2 is 1.75 bits per heavy atom. The molecule has 1 heterocycles. The number of hydrogen-bond donors (Lipinski definition) is 2. The number of Topliss-reactive ketones (excluding diaryl/α,β-unsaturated/α-hetero) is 4. The molecule has 4 rings (SSSR count). The minimum absolute atomic E-state index is 0.0316. The highest BCUT2D eigenvalue weighted by Gasteiger charge is 2.46. The van der Waals surface area contributed by atoms with Crippen molar-refractivity contribution in [1.29, 1.82) is 0 Å². The van der Waals surface area contributed by atoms with Gasteiger partial charge in [-0.15, -0.1) is 0 Å². The van der Waals surface area contributed by atoms with E-state index in [4.69, 9.17) is 0 Å². The Balaban J connectivity index is 1.62. The molecule has 4 atom stereocenters. The molecule has 1 aliphatic heterocycles. The number of likely N-dealkylation sites (N-methyl/N-ethyl adjacent to an activating group) is 1. The molecular formula is C27H37N3O6. The van der Waals surface area contributed by atoms with Crippen LogP contribution in [-0.4, -0.2) is 92.2 Å². The highest BCUT2D eigenvalue weighted by Crippen LogP contribution is 2.46. The third kappa shape index (κ3) is 4.78. The highest BCUT2D eigenvalue weighted by molar-refractivity contribution is 6.20. The Hall–Kier alpha value is -2.78. The van der Waals surface area contributed by atoms with Crippen molar-refractivity contribution >= 4 is 34.5 Å². The number of hydrogen-bond acceptors (Lipinski definition) is 9. The Bertz CT molecular complexity index is 1080. The van der Waals surface area contributed by atoms with Crippen molar-refractivity contribution in [2.24, 2.45) is 23.7 Å². The third-order valence-corrected chi connectivity index (χ3v) is 8.18. The van der Waals surface area contributed by atoms with Crippen molar-refractivity contribution in [2.75, 3.05) is 63.7 Å². The summed E-state index contributed by atoms with van der Waals surface area (Å²) in [5, 5.41) is 21.1. The van der Waals surface area contributed by atoms with Gasteiger partial charge in [0.25, 0.3) is 0 Å². The van der Waals surface area contributed by atoms with Crippen LogP contribution < -0.4 is 9.80 Å². The van der Waals surface area contributed by atoms with E-state index < -0.39 is 41.7 Å². The van der Waals surface area contributed by atoms with E-state index in [1.807, 2.05) is 25.1 Å². The molecule has 1 aromatic rings. The van der Waals surface area contributed by atoms with Crippen LogP contribution in [0.25, 0.3) is 0 Å². The van der Waals surface area contributed by atoms with Crippen LogP contribution in [0.3, 0.4) is 0 Å². The van der Waals surface area contributed by atoms with E-state index >= 15 is 0 Å². The van der Waals surface area contributed by atoms with Crippen molar-refractivity contribution in [3.05, 3.63) is 17.2 Å². The number of aliphatic hydroxyl groups is 1. The maximum Gasteiger partial charge on any atom is 0.167 e. The molecule has 196 valence electrons. The van der Waals surface area contributed by atoms with Crippen LogP contribution in [0, 0.1) is 23.7 Å². The van der Waals surface area contributed by atoms with Crippen LogP contribution in [0.4, 0.5) is 11.4 Å². The number of fused-ring (bicyclic) bond motifs is 1. The fourth-order valence-electron chi connectivity index (χ4n) is 6.24. The lowest BCUT2D eigenvalue weighted by atomic mass is 9.67. The summed E-state index contributed by atoms with van der Waals surface area (Å²) in [6.45, 7) is 4.09. The van der Waals surface area contributed by atoms with Gasteiger partial charge in [-0.1, -0.05) is 0 Å². The molecule has 1 saturated carbocycles. The average Bonchev–Trinajstić information content (AvgIpc) is 2.79. The zero-order valence-electron chi connectivity index (χ0n) is 21.6. The van der Waals surface area contributed by atoms with Gasteiger partial charge in [0.15, 0.2) is 17.3 Å². The van der Waals surface area contributed by atoms with E-state index in [1.165, 1.54) is 6.92 Å². The second-order valence-electron chi connectivity index (χ2n) is 10.9. The summed E-state index contributed by atoms with van der Waals surface area (Å²) < 4.78 is 0. The maximum atomic E-state index is 13.4. The first-order valence-corrected chi connectivity index (χ1v) is 12.7. The van der Waals surface area contributed by atoms with Gasteiger partial charge in [-0.3, -0.25) is 19.2 Å². The van der Waals surface area contributed by atoms with E-state index in [0.717, 1.165) is 37.4 Å². The van der Waals surface area contributed by atoms with Crippen molar-refractivity contribution in [3.63, 3.8) is 0 Å². The lowest BCUT2D eigenvalue weighted by molar-refractivity contribution is -0.147. The van der Waals surface area contributed by atoms with Crippen LogP contribution in [-0.2, 0) is 20.8 Å². The summed E-state index contributed by atoms with van der Waals surface area (Å²) >= 11 is 0. The van der Waals surface area contributed by atoms with Gasteiger partial charge >= 0.3 is 0 Å². The van der Waals surface area contributed by atoms with Gasteiger partial charge < -0.3 is 24.9 Å². The van der Waals surface area contributed by atoms with E-state index in [-0.39, 0.29) is 30.3 Å². The van der Waals surface area contributed by atoms with Gasteiger partial charge in [0, 0.05) is 64.7 Å². The number of carbonyl (C=O) groups is 4. The first kappa shape index (κ1) is 26.3. The number of aromatic hydroxyl groups is 1. The predicted octanol–water partition coefficient (Wildman–Crippen LogP) is 1.32. The number of benzene rings is 1. The van der Waals surface area contributed by atoms with Gasteiger partial charge in [0.1, 0.15) is 17.5 Å². The number of ketones is 4. The summed E-state index contributed by atoms with van der Waals surface area (Å²) in [5.41, 5.74) is 2.71. The average molecular weight is 500 g/mol. The van der Waals surface area contributed by atoms with Gasteiger partial charge in [0.05, 0.1) is 17.9 Å². The zero-order valence-corrected chi connectivity index (χ0v) is 21.6. The topological polar surface area (TPSA) is 118 Å². The molecule has 9 heteroatoms. The number of nitrogens with zero attached hydrogens (tertiary/aromatic N) is 3. The fourth-order valence-corrected chi connectivity index (χ4v) is 6.24. The monoisotopic (exact) mass is 499 g/mol. The summed E-state index contributed by atoms with van der Waals surface area (Å²) in [6, 6.07) is 1.96. The van der Waals surface area contributed by atoms with Crippen molar-refractivity contribution < 1.29 is 29.4 Å². The predicted molar refractivity (Wildman–Crippen MR) is 136 cm³/mol. The Morgan fingerprint density at radius 1 is 1.08 bits per heavy atom. The first-order chi connectivity index (χ1) is 17.0. The lowest BCUT2D eigenvalue weighted by Crippen LogP contribution is -2.46. The summed E-state index contributed by atoms with van der Waals surface area (Å²) in [4.78, 5) is 56.9. The van der Waals surface area contributed by atoms with Crippen molar-refractivity contribution in [2.45, 2.75) is 32.6 Å². The number of anilines is 2. The van der Waals surface area contributed by atoms with E-state index in [0.29, 0.717) is 24.1 Å². The SMILES string of the molecule is CC(=O)C1C(=O)CC(CC2CC(=O)c3c(O)c(N4CCN(C)CC4)cc(N(C)C)c3C2)C(CO)C1=O. The number of carbonyl (C=O) groups excluding carboxylic acids is 4. The van der Waals surface area contributed by atoms with Crippen LogP contribution in [0.1, 0.15) is 42.1 Å². The number of phenolic OH excluding ortho intramolecular Hbond substituents is 1. The largest absolute Gasteiger partial charge is 0.505 e. The molecule has 9 nitrogen and oxygen atoms in total. The normalized spacial score (nSPS) is 27.2. The molecule has 3 aliphatic rings. The molecule has 1 aromatic carbocycles. The van der Waals surface area contributed by atoms with Gasteiger partial charge in [-0.05, 0) is 50.3 Å². The summed E-state index contributed by atoms with van der Waals surface area (Å²) in [5.74, 6) is -4.10. The molecule has 0 amide bonds. The molecule has 2 N–H and O–H groups in total. The molecule has 36 heavy (non-hydrogen) atoms. The molecule has 4 unspecified atom stereocenters. The third-order valence-electron chi connectivity index (χ3n) is 8.18. The van der Waals surface area contributed by atoms with E-state index in [9.17, 15) is 29.4 Å². The quantitative estimate of drug-likeness (QED) is 0.559. The molecule has 1 saturated heterocycles. The minimum atomic E-state index is -1.28. The lowest BCUT2D eigenvalue weighted by Gasteiger charge is -2.38. The molecular weight excluding hydrogens is 462 g/mol. The molecule has 2 fully saturated rings. The smallest absolute Gasteiger partial charge is 0.167 e. The van der Waals surface area contributed by atoms with E-state index in [1.54, 1.807) is 0 Å². The number of piperazine rings is 1. The first-order valence-electron chi connectivity index (χ1n) is 12.7. The van der Waals surface area contributed by atoms with Gasteiger partial charge in [0.2, 0.25) is 0 Å². The van der Waals surface area contributed by atoms with Gasteiger partial charge in [-0.25, -0.2) is 0 Å². The second kappa shape index (κ2) is 10.3. The number of phenols is 1. The maximum absolute atomic E-state index is 13.4. The zero-order chi connectivity index (χ0) is 26.3. The summed E-state index contributed by atoms with van der Waals surface area (Å²) in [7, 11) is 5.89. The van der Waals surface area contributed by atoms with Crippen molar-refractivity contribution in [1.82, 2.24) is 4.90 Å².